The summed E-state index contributed by atoms with van der Waals surface area (Å²) in [4.78, 5) is 26.5. The van der Waals surface area contributed by atoms with Crippen molar-refractivity contribution in [2.75, 3.05) is 38.2 Å². The number of hydrogen-bond acceptors (Lipinski definition) is 4. The zero-order valence-electron chi connectivity index (χ0n) is 15.4. The first-order valence-electron chi connectivity index (χ1n) is 9.14. The van der Waals surface area contributed by atoms with Gasteiger partial charge in [0.15, 0.2) is 6.61 Å². The molecule has 1 saturated heterocycles. The van der Waals surface area contributed by atoms with Crippen molar-refractivity contribution in [2.24, 2.45) is 0 Å². The predicted octanol–water partition coefficient (Wildman–Crippen LogP) is 2.74. The summed E-state index contributed by atoms with van der Waals surface area (Å²) >= 11 is 0. The number of nitrogens with one attached hydrogen (secondary N) is 1. The van der Waals surface area contributed by atoms with Gasteiger partial charge in [0.2, 0.25) is 0 Å². The third-order valence-electron chi connectivity index (χ3n) is 4.37. The lowest BCUT2D eigenvalue weighted by Crippen LogP contribution is -2.40. The zero-order valence-corrected chi connectivity index (χ0v) is 15.4. The molecule has 3 rings (SSSR count). The molecule has 2 aromatic carbocycles. The van der Waals surface area contributed by atoms with Crippen molar-refractivity contribution in [1.82, 2.24) is 4.90 Å². The predicted molar refractivity (Wildman–Crippen MR) is 103 cm³/mol. The van der Waals surface area contributed by atoms with E-state index in [1.165, 1.54) is 0 Å². The van der Waals surface area contributed by atoms with E-state index in [2.05, 4.69) is 12.2 Å². The van der Waals surface area contributed by atoms with E-state index in [9.17, 15) is 9.59 Å². The van der Waals surface area contributed by atoms with E-state index < -0.39 is 0 Å². The Hall–Kier alpha value is -2.86. The van der Waals surface area contributed by atoms with Crippen LogP contribution in [-0.2, 0) is 16.0 Å². The summed E-state index contributed by atoms with van der Waals surface area (Å²) in [6, 6.07) is 14.6. The molecule has 6 nitrogen and oxygen atoms in total. The molecule has 1 heterocycles. The van der Waals surface area contributed by atoms with Crippen molar-refractivity contribution < 1.29 is 19.1 Å². The second-order valence-corrected chi connectivity index (χ2v) is 6.32. The molecule has 2 aromatic rings. The molecule has 6 heteroatoms. The van der Waals surface area contributed by atoms with Gasteiger partial charge in [-0.3, -0.25) is 9.59 Å². The first kappa shape index (κ1) is 18.9. The van der Waals surface area contributed by atoms with Gasteiger partial charge in [-0.15, -0.1) is 0 Å². The van der Waals surface area contributed by atoms with E-state index >= 15 is 0 Å². The Balaban J connectivity index is 1.56. The van der Waals surface area contributed by atoms with Gasteiger partial charge >= 0.3 is 0 Å². The smallest absolute Gasteiger partial charge is 0.262 e. The molecule has 0 aromatic heterocycles. The highest BCUT2D eigenvalue weighted by molar-refractivity contribution is 5.97. The van der Waals surface area contributed by atoms with Crippen molar-refractivity contribution in [3.05, 3.63) is 59.7 Å². The number of carbonyl (C=O) groups excluding carboxylic acids is 2. The average Bonchev–Trinajstić information content (AvgIpc) is 2.72. The normalized spacial score (nSPS) is 13.9. The molecule has 0 aliphatic carbocycles. The van der Waals surface area contributed by atoms with Gasteiger partial charge in [-0.2, -0.15) is 0 Å². The molecule has 1 N–H and O–H groups in total. The summed E-state index contributed by atoms with van der Waals surface area (Å²) in [5.41, 5.74) is 2.28. The highest BCUT2D eigenvalue weighted by atomic mass is 16.5. The summed E-state index contributed by atoms with van der Waals surface area (Å²) in [7, 11) is 0. The molecule has 1 fully saturated rings. The van der Waals surface area contributed by atoms with Crippen LogP contribution >= 0.6 is 0 Å². The number of benzene rings is 2. The molecular formula is C21H24N2O4. The fraction of sp³-hybridized carbons (Fsp3) is 0.333. The lowest BCUT2D eigenvalue weighted by Gasteiger charge is -2.27. The standard InChI is InChI=1S/C21H24N2O4/c1-2-16-5-3-8-19(13-16)27-15-20(24)22-18-7-4-6-17(14-18)21(25)23-9-11-26-12-10-23/h3-8,13-14H,2,9-12,15H2,1H3,(H,22,24). The number of anilines is 1. The minimum atomic E-state index is -0.270. The zero-order chi connectivity index (χ0) is 19.1. The Morgan fingerprint density at radius 2 is 1.89 bits per heavy atom. The maximum atomic E-state index is 12.5. The van der Waals surface area contributed by atoms with Crippen LogP contribution in [0.15, 0.2) is 48.5 Å². The summed E-state index contributed by atoms with van der Waals surface area (Å²) in [6.07, 6.45) is 0.910. The van der Waals surface area contributed by atoms with Crippen LogP contribution in [0.2, 0.25) is 0 Å². The maximum absolute atomic E-state index is 12.5. The van der Waals surface area contributed by atoms with E-state index in [4.69, 9.17) is 9.47 Å². The van der Waals surface area contributed by atoms with Gasteiger partial charge in [-0.25, -0.2) is 0 Å². The van der Waals surface area contributed by atoms with Crippen LogP contribution in [-0.4, -0.2) is 49.6 Å². The van der Waals surface area contributed by atoms with Gasteiger partial charge in [-0.05, 0) is 42.3 Å². The van der Waals surface area contributed by atoms with Crippen LogP contribution in [0.25, 0.3) is 0 Å². The number of amides is 2. The third-order valence-corrected chi connectivity index (χ3v) is 4.37. The highest BCUT2D eigenvalue weighted by Gasteiger charge is 2.18. The van der Waals surface area contributed by atoms with Crippen molar-refractivity contribution in [3.63, 3.8) is 0 Å². The van der Waals surface area contributed by atoms with Gasteiger partial charge in [0.1, 0.15) is 5.75 Å². The summed E-state index contributed by atoms with van der Waals surface area (Å²) in [5.74, 6) is 0.343. The van der Waals surface area contributed by atoms with E-state index in [0.29, 0.717) is 43.3 Å². The number of nitrogens with zero attached hydrogens (tertiary/aromatic N) is 1. The van der Waals surface area contributed by atoms with Crippen LogP contribution in [0.1, 0.15) is 22.8 Å². The van der Waals surface area contributed by atoms with E-state index in [1.54, 1.807) is 29.2 Å². The molecule has 0 saturated carbocycles. The number of morpholine rings is 1. The Kier molecular flexibility index (Phi) is 6.44. The molecule has 1 aliphatic heterocycles. The number of carbonyl (C=O) groups is 2. The lowest BCUT2D eigenvalue weighted by atomic mass is 10.1. The Morgan fingerprint density at radius 3 is 2.67 bits per heavy atom. The molecule has 2 amide bonds. The summed E-state index contributed by atoms with van der Waals surface area (Å²) in [6.45, 7) is 4.25. The van der Waals surface area contributed by atoms with Crippen molar-refractivity contribution in [2.45, 2.75) is 13.3 Å². The van der Waals surface area contributed by atoms with Crippen molar-refractivity contribution >= 4 is 17.5 Å². The quantitative estimate of drug-likeness (QED) is 0.851. The Labute approximate surface area is 159 Å². The van der Waals surface area contributed by atoms with Gasteiger partial charge in [-0.1, -0.05) is 25.1 Å². The monoisotopic (exact) mass is 368 g/mol. The van der Waals surface area contributed by atoms with Crippen LogP contribution in [0.3, 0.4) is 0 Å². The largest absolute Gasteiger partial charge is 0.484 e. The highest BCUT2D eigenvalue weighted by Crippen LogP contribution is 2.15. The van der Waals surface area contributed by atoms with E-state index in [1.807, 2.05) is 24.3 Å². The molecule has 0 atom stereocenters. The molecule has 142 valence electrons. The SMILES string of the molecule is CCc1cccc(OCC(=O)Nc2cccc(C(=O)N3CCOCC3)c2)c1. The van der Waals surface area contributed by atoms with Crippen LogP contribution in [0.4, 0.5) is 5.69 Å². The van der Waals surface area contributed by atoms with Gasteiger partial charge < -0.3 is 19.7 Å². The first-order chi connectivity index (χ1) is 13.2. The van der Waals surface area contributed by atoms with E-state index in [-0.39, 0.29) is 18.4 Å². The molecule has 0 unspecified atom stereocenters. The molecule has 1 aliphatic rings. The van der Waals surface area contributed by atoms with Crippen molar-refractivity contribution in [1.29, 1.82) is 0 Å². The average molecular weight is 368 g/mol. The fourth-order valence-electron chi connectivity index (χ4n) is 2.88. The number of hydrogen-bond donors (Lipinski definition) is 1. The van der Waals surface area contributed by atoms with Gasteiger partial charge in [0.05, 0.1) is 13.2 Å². The maximum Gasteiger partial charge on any atom is 0.262 e. The number of rotatable bonds is 6. The molecule has 0 spiro atoms. The molecule has 0 bridgehead atoms. The molecule has 0 radical (unpaired) electrons. The topological polar surface area (TPSA) is 67.9 Å². The van der Waals surface area contributed by atoms with Crippen LogP contribution in [0.5, 0.6) is 5.75 Å². The van der Waals surface area contributed by atoms with Gasteiger partial charge in [0, 0.05) is 24.3 Å². The summed E-state index contributed by atoms with van der Waals surface area (Å²) in [5, 5.41) is 2.78. The lowest BCUT2D eigenvalue weighted by molar-refractivity contribution is -0.118. The minimum Gasteiger partial charge on any atom is -0.484 e. The number of ether oxygens (including phenoxy) is 2. The number of aryl methyl sites for hydroxylation is 1. The van der Waals surface area contributed by atoms with Crippen molar-refractivity contribution in [3.8, 4) is 5.75 Å². The Morgan fingerprint density at radius 1 is 1.11 bits per heavy atom. The van der Waals surface area contributed by atoms with Crippen LogP contribution in [0, 0.1) is 0 Å². The molecule has 27 heavy (non-hydrogen) atoms. The third kappa shape index (κ3) is 5.31. The second-order valence-electron chi connectivity index (χ2n) is 6.32. The summed E-state index contributed by atoms with van der Waals surface area (Å²) < 4.78 is 10.8. The van der Waals surface area contributed by atoms with Crippen LogP contribution < -0.4 is 10.1 Å². The first-order valence-corrected chi connectivity index (χ1v) is 9.14. The molecular weight excluding hydrogens is 344 g/mol. The fourth-order valence-corrected chi connectivity index (χ4v) is 2.88. The van der Waals surface area contributed by atoms with E-state index in [0.717, 1.165) is 12.0 Å². The Bertz CT molecular complexity index is 800. The minimum absolute atomic E-state index is 0.0537. The van der Waals surface area contributed by atoms with Gasteiger partial charge in [0.25, 0.3) is 11.8 Å². The second kappa shape index (κ2) is 9.19.